The van der Waals surface area contributed by atoms with Gasteiger partial charge in [-0.3, -0.25) is 0 Å². The summed E-state index contributed by atoms with van der Waals surface area (Å²) in [7, 11) is -3.03. The van der Waals surface area contributed by atoms with Crippen molar-refractivity contribution in [1.29, 1.82) is 0 Å². The Labute approximate surface area is 88.7 Å². The van der Waals surface area contributed by atoms with E-state index in [2.05, 4.69) is 15.9 Å². The summed E-state index contributed by atoms with van der Waals surface area (Å²) in [5, 5.41) is 0. The van der Waals surface area contributed by atoms with Crippen LogP contribution >= 0.6 is 15.9 Å². The molecule has 1 rings (SSSR count). The van der Waals surface area contributed by atoms with Crippen molar-refractivity contribution in [1.82, 2.24) is 4.31 Å². The van der Waals surface area contributed by atoms with E-state index >= 15 is 0 Å². The largest absolute Gasteiger partial charge is 0.224 e. The number of rotatable bonds is 3. The number of hydrogen-bond acceptors (Lipinski definition) is 2. The fraction of sp³-hybridized carbons (Fsp3) is 1.00. The van der Waals surface area contributed by atoms with E-state index in [9.17, 15) is 8.42 Å². The van der Waals surface area contributed by atoms with Crippen molar-refractivity contribution in [3.05, 3.63) is 0 Å². The zero-order chi connectivity index (χ0) is 9.90. The van der Waals surface area contributed by atoms with Crippen molar-refractivity contribution in [2.45, 2.75) is 38.6 Å². The van der Waals surface area contributed by atoms with Crippen LogP contribution in [0.3, 0.4) is 0 Å². The second kappa shape index (κ2) is 4.75. The van der Waals surface area contributed by atoms with E-state index in [1.165, 1.54) is 0 Å². The van der Waals surface area contributed by atoms with Crippen LogP contribution in [0.5, 0.6) is 0 Å². The molecule has 1 aliphatic heterocycles. The van der Waals surface area contributed by atoms with E-state index in [1.807, 2.05) is 6.92 Å². The van der Waals surface area contributed by atoms with Crippen LogP contribution in [0.2, 0.25) is 0 Å². The van der Waals surface area contributed by atoms with Crippen molar-refractivity contribution in [2.24, 2.45) is 0 Å². The van der Waals surface area contributed by atoms with Crippen LogP contribution in [0.15, 0.2) is 0 Å². The van der Waals surface area contributed by atoms with Gasteiger partial charge < -0.3 is 0 Å². The van der Waals surface area contributed by atoms with Gasteiger partial charge in [0.25, 0.3) is 0 Å². The minimum absolute atomic E-state index is 0.0521. The van der Waals surface area contributed by atoms with Crippen LogP contribution in [0.4, 0.5) is 0 Å². The Bertz CT molecular complexity index is 253. The molecule has 1 heterocycles. The Morgan fingerprint density at radius 1 is 1.46 bits per heavy atom. The van der Waals surface area contributed by atoms with E-state index in [-0.39, 0.29) is 10.7 Å². The number of hydrogen-bond donors (Lipinski definition) is 0. The van der Waals surface area contributed by atoms with Gasteiger partial charge in [0.15, 0.2) is 0 Å². The first kappa shape index (κ1) is 11.5. The SMILES string of the molecule is CCC1CCCCN1S(=O)(=O)CBr. The van der Waals surface area contributed by atoms with Gasteiger partial charge in [0, 0.05) is 12.6 Å². The van der Waals surface area contributed by atoms with Crippen molar-refractivity contribution in [3.63, 3.8) is 0 Å². The van der Waals surface area contributed by atoms with Gasteiger partial charge >= 0.3 is 0 Å². The smallest absolute Gasteiger partial charge is 0.211 e. The van der Waals surface area contributed by atoms with E-state index in [1.54, 1.807) is 4.31 Å². The van der Waals surface area contributed by atoms with Crippen molar-refractivity contribution in [2.75, 3.05) is 11.2 Å². The Morgan fingerprint density at radius 2 is 2.15 bits per heavy atom. The van der Waals surface area contributed by atoms with Crippen LogP contribution in [0.25, 0.3) is 0 Å². The van der Waals surface area contributed by atoms with Crippen molar-refractivity contribution in [3.8, 4) is 0 Å². The maximum Gasteiger partial charge on any atom is 0.224 e. The Balaban J connectivity index is 2.75. The predicted octanol–water partition coefficient (Wildman–Crippen LogP) is 1.93. The maximum absolute atomic E-state index is 11.6. The monoisotopic (exact) mass is 269 g/mol. The molecule has 1 unspecified atom stereocenters. The average molecular weight is 270 g/mol. The van der Waals surface area contributed by atoms with Gasteiger partial charge in [0.2, 0.25) is 10.0 Å². The van der Waals surface area contributed by atoms with Crippen LogP contribution in [-0.4, -0.2) is 30.0 Å². The highest BCUT2D eigenvalue weighted by molar-refractivity contribution is 9.10. The highest BCUT2D eigenvalue weighted by atomic mass is 79.9. The van der Waals surface area contributed by atoms with Crippen LogP contribution in [0.1, 0.15) is 32.6 Å². The molecule has 0 amide bonds. The summed E-state index contributed by atoms with van der Waals surface area (Å²) in [6.45, 7) is 2.75. The molecule has 0 radical (unpaired) electrons. The first-order chi connectivity index (χ1) is 6.11. The third-order valence-electron chi connectivity index (χ3n) is 2.54. The van der Waals surface area contributed by atoms with Gasteiger partial charge in [0.1, 0.15) is 4.66 Å². The van der Waals surface area contributed by atoms with Crippen LogP contribution in [0, 0.1) is 0 Å². The fourth-order valence-electron chi connectivity index (χ4n) is 1.81. The Hall–Kier alpha value is 0.390. The fourth-order valence-corrected chi connectivity index (χ4v) is 3.84. The average Bonchev–Trinajstić information content (AvgIpc) is 2.18. The van der Waals surface area contributed by atoms with E-state index in [0.717, 1.165) is 25.7 Å². The topological polar surface area (TPSA) is 37.4 Å². The molecular weight excluding hydrogens is 254 g/mol. The van der Waals surface area contributed by atoms with E-state index in [0.29, 0.717) is 6.54 Å². The molecule has 0 N–H and O–H groups in total. The quantitative estimate of drug-likeness (QED) is 0.735. The molecule has 0 aromatic rings. The number of alkyl halides is 1. The third kappa shape index (κ3) is 2.67. The standard InChI is InChI=1S/C8H16BrNO2S/c1-2-8-5-3-4-6-10(8)13(11,12)7-9/h8H,2-7H2,1H3. The van der Waals surface area contributed by atoms with Gasteiger partial charge in [-0.15, -0.1) is 0 Å². The molecule has 1 saturated heterocycles. The number of halogens is 1. The highest BCUT2D eigenvalue weighted by Crippen LogP contribution is 2.23. The zero-order valence-electron chi connectivity index (χ0n) is 7.87. The normalized spacial score (nSPS) is 26.2. The lowest BCUT2D eigenvalue weighted by Gasteiger charge is -2.33. The summed E-state index contributed by atoms with van der Waals surface area (Å²) in [5.41, 5.74) is 0. The molecule has 13 heavy (non-hydrogen) atoms. The molecule has 0 bridgehead atoms. The van der Waals surface area contributed by atoms with Gasteiger partial charge in [-0.1, -0.05) is 29.3 Å². The molecule has 1 aliphatic rings. The van der Waals surface area contributed by atoms with Gasteiger partial charge in [0.05, 0.1) is 0 Å². The second-order valence-corrected chi connectivity index (χ2v) is 6.61. The van der Waals surface area contributed by atoms with Crippen LogP contribution in [-0.2, 0) is 10.0 Å². The van der Waals surface area contributed by atoms with Gasteiger partial charge in [-0.25, -0.2) is 8.42 Å². The molecule has 0 saturated carbocycles. The molecule has 1 fully saturated rings. The summed E-state index contributed by atoms with van der Waals surface area (Å²) >= 11 is 3.03. The molecule has 0 aromatic heterocycles. The molecule has 0 aromatic carbocycles. The Kier molecular flexibility index (Phi) is 4.19. The summed E-state index contributed by atoms with van der Waals surface area (Å²) in [6, 6.07) is 0.233. The third-order valence-corrected chi connectivity index (χ3v) is 5.75. The molecule has 0 aliphatic carbocycles. The first-order valence-electron chi connectivity index (χ1n) is 4.67. The minimum atomic E-state index is -3.03. The van der Waals surface area contributed by atoms with Crippen molar-refractivity contribution < 1.29 is 8.42 Å². The Morgan fingerprint density at radius 3 is 2.69 bits per heavy atom. The summed E-state index contributed by atoms with van der Waals surface area (Å²) in [5.74, 6) is 0. The van der Waals surface area contributed by atoms with Crippen molar-refractivity contribution >= 4 is 26.0 Å². The summed E-state index contributed by atoms with van der Waals surface area (Å²) in [4.78, 5) is 0. The first-order valence-corrected chi connectivity index (χ1v) is 7.40. The molecule has 5 heteroatoms. The minimum Gasteiger partial charge on any atom is -0.211 e. The lowest BCUT2D eigenvalue weighted by molar-refractivity contribution is 0.248. The van der Waals surface area contributed by atoms with Gasteiger partial charge in [-0.05, 0) is 19.3 Å². The number of sulfonamides is 1. The number of piperidine rings is 1. The maximum atomic E-state index is 11.6. The highest BCUT2D eigenvalue weighted by Gasteiger charge is 2.29. The molecule has 0 spiro atoms. The molecule has 3 nitrogen and oxygen atoms in total. The lowest BCUT2D eigenvalue weighted by atomic mass is 10.0. The second-order valence-electron chi connectivity index (χ2n) is 3.39. The van der Waals surface area contributed by atoms with Crippen LogP contribution < -0.4 is 0 Å². The predicted molar refractivity (Wildman–Crippen MR) is 57.3 cm³/mol. The van der Waals surface area contributed by atoms with E-state index in [4.69, 9.17) is 0 Å². The van der Waals surface area contributed by atoms with E-state index < -0.39 is 10.0 Å². The molecular formula is C8H16BrNO2S. The lowest BCUT2D eigenvalue weighted by Crippen LogP contribution is -2.43. The molecule has 1 atom stereocenters. The number of nitrogens with zero attached hydrogens (tertiary/aromatic N) is 1. The van der Waals surface area contributed by atoms with Gasteiger partial charge in [-0.2, -0.15) is 4.31 Å². The zero-order valence-corrected chi connectivity index (χ0v) is 10.3. The summed E-state index contributed by atoms with van der Waals surface area (Å²) < 4.78 is 24.9. The molecule has 78 valence electrons. The summed E-state index contributed by atoms with van der Waals surface area (Å²) in [6.07, 6.45) is 4.10.